The summed E-state index contributed by atoms with van der Waals surface area (Å²) in [5.41, 5.74) is 0. The Bertz CT molecular complexity index is 254. The molecule has 19 heavy (non-hydrogen) atoms. The van der Waals surface area contributed by atoms with Crippen molar-refractivity contribution < 1.29 is 14.9 Å². The number of hydrogen-bond donors (Lipinski definition) is 2. The summed E-state index contributed by atoms with van der Waals surface area (Å²) in [6.45, 7) is 6.04. The van der Waals surface area contributed by atoms with Crippen LogP contribution in [0.25, 0.3) is 0 Å². The molecular weight excluding hydrogens is 242 g/mol. The van der Waals surface area contributed by atoms with E-state index in [4.69, 9.17) is 9.84 Å². The van der Waals surface area contributed by atoms with E-state index in [1.807, 2.05) is 0 Å². The van der Waals surface area contributed by atoms with E-state index in [2.05, 4.69) is 11.8 Å². The van der Waals surface area contributed by atoms with Gasteiger partial charge in [-0.25, -0.2) is 0 Å². The predicted molar refractivity (Wildman–Crippen MR) is 75.0 cm³/mol. The molecule has 1 heterocycles. The third-order valence-electron chi connectivity index (χ3n) is 4.68. The van der Waals surface area contributed by atoms with Crippen molar-refractivity contribution in [2.45, 2.75) is 51.2 Å². The number of aliphatic hydroxyl groups excluding tert-OH is 2. The van der Waals surface area contributed by atoms with Crippen LogP contribution in [0.2, 0.25) is 0 Å². The first kappa shape index (κ1) is 15.2. The minimum atomic E-state index is -0.0976. The summed E-state index contributed by atoms with van der Waals surface area (Å²) in [7, 11) is 0. The zero-order chi connectivity index (χ0) is 13.7. The van der Waals surface area contributed by atoms with Crippen molar-refractivity contribution in [2.24, 2.45) is 11.8 Å². The van der Waals surface area contributed by atoms with Gasteiger partial charge in [0, 0.05) is 19.6 Å². The van der Waals surface area contributed by atoms with Crippen LogP contribution in [-0.2, 0) is 4.74 Å². The summed E-state index contributed by atoms with van der Waals surface area (Å²) in [6, 6.07) is 0. The smallest absolute Gasteiger partial charge is 0.0701 e. The molecule has 1 saturated heterocycles. The first-order chi connectivity index (χ1) is 9.19. The Kier molecular flexibility index (Phi) is 6.07. The van der Waals surface area contributed by atoms with E-state index in [-0.39, 0.29) is 12.7 Å². The average Bonchev–Trinajstić information content (AvgIpc) is 2.42. The number of hydrogen-bond acceptors (Lipinski definition) is 4. The van der Waals surface area contributed by atoms with E-state index in [1.54, 1.807) is 0 Å². The third-order valence-corrected chi connectivity index (χ3v) is 4.68. The standard InChI is InChI=1S/C15H29NO3/c1-12-2-3-15(18)13(10-12)11-16-6-4-14(5-7-16)19-9-8-17/h12-15,17-18H,2-11H2,1H3. The number of aliphatic hydroxyl groups is 2. The molecule has 1 aliphatic carbocycles. The summed E-state index contributed by atoms with van der Waals surface area (Å²) >= 11 is 0. The van der Waals surface area contributed by atoms with Crippen molar-refractivity contribution >= 4 is 0 Å². The molecule has 2 N–H and O–H groups in total. The summed E-state index contributed by atoms with van der Waals surface area (Å²) in [4.78, 5) is 2.48. The Balaban J connectivity index is 1.69. The minimum Gasteiger partial charge on any atom is -0.394 e. The van der Waals surface area contributed by atoms with Gasteiger partial charge in [0.05, 0.1) is 25.4 Å². The second-order valence-electron chi connectivity index (χ2n) is 6.34. The molecule has 0 spiro atoms. The van der Waals surface area contributed by atoms with E-state index >= 15 is 0 Å². The van der Waals surface area contributed by atoms with Crippen LogP contribution in [-0.4, -0.2) is 60.2 Å². The van der Waals surface area contributed by atoms with Gasteiger partial charge in [0.25, 0.3) is 0 Å². The molecule has 2 rings (SSSR count). The Morgan fingerprint density at radius 1 is 1.16 bits per heavy atom. The molecule has 1 saturated carbocycles. The van der Waals surface area contributed by atoms with Crippen molar-refractivity contribution in [2.75, 3.05) is 32.8 Å². The molecule has 4 heteroatoms. The van der Waals surface area contributed by atoms with Gasteiger partial charge in [-0.05, 0) is 43.9 Å². The second kappa shape index (κ2) is 7.58. The highest BCUT2D eigenvalue weighted by atomic mass is 16.5. The highest BCUT2D eigenvalue weighted by Gasteiger charge is 2.30. The fourth-order valence-corrected chi connectivity index (χ4v) is 3.49. The van der Waals surface area contributed by atoms with Gasteiger partial charge in [-0.2, -0.15) is 0 Å². The van der Waals surface area contributed by atoms with Crippen LogP contribution in [0.4, 0.5) is 0 Å². The van der Waals surface area contributed by atoms with Gasteiger partial charge in [0.15, 0.2) is 0 Å². The van der Waals surface area contributed by atoms with Crippen LogP contribution in [0.15, 0.2) is 0 Å². The molecule has 0 bridgehead atoms. The van der Waals surface area contributed by atoms with Crippen LogP contribution in [0, 0.1) is 11.8 Å². The fraction of sp³-hybridized carbons (Fsp3) is 1.00. The quantitative estimate of drug-likeness (QED) is 0.790. The lowest BCUT2D eigenvalue weighted by atomic mass is 9.80. The monoisotopic (exact) mass is 271 g/mol. The number of likely N-dealkylation sites (tertiary alicyclic amines) is 1. The summed E-state index contributed by atoms with van der Waals surface area (Å²) in [5, 5.41) is 18.9. The first-order valence-corrected chi connectivity index (χ1v) is 7.82. The maximum atomic E-state index is 10.1. The normalized spacial score (nSPS) is 34.6. The predicted octanol–water partition coefficient (Wildman–Crippen LogP) is 1.26. The van der Waals surface area contributed by atoms with Crippen molar-refractivity contribution in [3.05, 3.63) is 0 Å². The number of rotatable bonds is 5. The van der Waals surface area contributed by atoms with Crippen molar-refractivity contribution in [1.29, 1.82) is 0 Å². The lowest BCUT2D eigenvalue weighted by Gasteiger charge is -2.38. The van der Waals surface area contributed by atoms with Crippen molar-refractivity contribution in [3.8, 4) is 0 Å². The highest BCUT2D eigenvalue weighted by Crippen LogP contribution is 2.30. The molecule has 3 unspecified atom stereocenters. The zero-order valence-corrected chi connectivity index (χ0v) is 12.1. The van der Waals surface area contributed by atoms with Crippen LogP contribution in [0.5, 0.6) is 0 Å². The van der Waals surface area contributed by atoms with Crippen molar-refractivity contribution in [3.63, 3.8) is 0 Å². The van der Waals surface area contributed by atoms with Crippen LogP contribution in [0.3, 0.4) is 0 Å². The molecule has 0 aromatic heterocycles. The van der Waals surface area contributed by atoms with E-state index in [0.717, 1.165) is 44.8 Å². The van der Waals surface area contributed by atoms with E-state index in [9.17, 15) is 5.11 Å². The van der Waals surface area contributed by atoms with Crippen LogP contribution < -0.4 is 0 Å². The minimum absolute atomic E-state index is 0.0976. The van der Waals surface area contributed by atoms with Crippen LogP contribution >= 0.6 is 0 Å². The Morgan fingerprint density at radius 3 is 2.58 bits per heavy atom. The fourth-order valence-electron chi connectivity index (χ4n) is 3.49. The first-order valence-electron chi connectivity index (χ1n) is 7.82. The Morgan fingerprint density at radius 2 is 1.89 bits per heavy atom. The molecule has 112 valence electrons. The van der Waals surface area contributed by atoms with Gasteiger partial charge in [0.1, 0.15) is 0 Å². The molecule has 2 aliphatic rings. The number of piperidine rings is 1. The van der Waals surface area contributed by atoms with Crippen molar-refractivity contribution in [1.82, 2.24) is 4.90 Å². The van der Waals surface area contributed by atoms with Crippen LogP contribution in [0.1, 0.15) is 39.0 Å². The molecular formula is C15H29NO3. The third kappa shape index (κ3) is 4.71. The molecule has 1 aliphatic heterocycles. The zero-order valence-electron chi connectivity index (χ0n) is 12.1. The lowest BCUT2D eigenvalue weighted by Crippen LogP contribution is -2.43. The summed E-state index contributed by atoms with van der Waals surface area (Å²) in [6.07, 6.45) is 5.65. The average molecular weight is 271 g/mol. The lowest BCUT2D eigenvalue weighted by molar-refractivity contribution is -0.0212. The molecule has 0 radical (unpaired) electrons. The van der Waals surface area contributed by atoms with Gasteiger partial charge in [0.2, 0.25) is 0 Å². The van der Waals surface area contributed by atoms with E-state index in [1.165, 1.54) is 12.8 Å². The molecule has 0 amide bonds. The molecule has 2 fully saturated rings. The largest absolute Gasteiger partial charge is 0.394 e. The molecule has 4 nitrogen and oxygen atoms in total. The Labute approximate surface area is 116 Å². The van der Waals surface area contributed by atoms with E-state index in [0.29, 0.717) is 18.6 Å². The maximum absolute atomic E-state index is 10.1. The molecule has 0 aromatic rings. The van der Waals surface area contributed by atoms with Gasteiger partial charge in [-0.15, -0.1) is 0 Å². The van der Waals surface area contributed by atoms with Gasteiger partial charge in [-0.3, -0.25) is 0 Å². The summed E-state index contributed by atoms with van der Waals surface area (Å²) in [5.74, 6) is 1.22. The second-order valence-corrected chi connectivity index (χ2v) is 6.34. The van der Waals surface area contributed by atoms with E-state index < -0.39 is 0 Å². The van der Waals surface area contributed by atoms with Gasteiger partial charge < -0.3 is 19.8 Å². The Hall–Kier alpha value is -0.160. The topological polar surface area (TPSA) is 52.9 Å². The number of nitrogens with zero attached hydrogens (tertiary/aromatic N) is 1. The molecule has 0 aromatic carbocycles. The maximum Gasteiger partial charge on any atom is 0.0701 e. The highest BCUT2D eigenvalue weighted by molar-refractivity contribution is 4.82. The van der Waals surface area contributed by atoms with Gasteiger partial charge in [-0.1, -0.05) is 6.92 Å². The molecule has 3 atom stereocenters. The SMILES string of the molecule is CC1CCC(O)C(CN2CCC(OCCO)CC2)C1. The number of ether oxygens (including phenoxy) is 1. The summed E-state index contributed by atoms with van der Waals surface area (Å²) < 4.78 is 5.58. The van der Waals surface area contributed by atoms with Gasteiger partial charge >= 0.3 is 0 Å².